The highest BCUT2D eigenvalue weighted by molar-refractivity contribution is 5.83. The molecule has 12 heavy (non-hydrogen) atoms. The molecule has 0 N–H and O–H groups in total. The molecule has 2 heteroatoms. The second-order valence-electron chi connectivity index (χ2n) is 2.75. The highest BCUT2D eigenvalue weighted by Gasteiger charge is 2.00. The van der Waals surface area contributed by atoms with Gasteiger partial charge in [-0.2, -0.15) is 0 Å². The molecule has 1 aromatic heterocycles. The average Bonchev–Trinajstić information content (AvgIpc) is 2.12. The molecule has 0 bridgehead atoms. The highest BCUT2D eigenvalue weighted by atomic mass is 16.4. The van der Waals surface area contributed by atoms with Gasteiger partial charge in [-0.1, -0.05) is 18.2 Å². The maximum absolute atomic E-state index is 11.2. The maximum atomic E-state index is 11.2. The molecule has 0 unspecified atom stereocenters. The smallest absolute Gasteiger partial charge is 0.343 e. The summed E-state index contributed by atoms with van der Waals surface area (Å²) >= 11 is 0. The van der Waals surface area contributed by atoms with E-state index in [-0.39, 0.29) is 5.63 Å². The standard InChI is InChI=1S/C10H8O2/c1-7-6-12-10(11)9-5-3-2-4-8(7)9/h2-6H,1H3. The third-order valence-corrected chi connectivity index (χ3v) is 1.91. The summed E-state index contributed by atoms with van der Waals surface area (Å²) in [5, 5.41) is 1.62. The van der Waals surface area contributed by atoms with E-state index < -0.39 is 0 Å². The van der Waals surface area contributed by atoms with Gasteiger partial charge in [-0.05, 0) is 23.9 Å². The Bertz CT molecular complexity index is 468. The predicted octanol–water partition coefficient (Wildman–Crippen LogP) is 2.10. The summed E-state index contributed by atoms with van der Waals surface area (Å²) in [6.45, 7) is 1.92. The second kappa shape index (κ2) is 2.48. The lowest BCUT2D eigenvalue weighted by atomic mass is 10.1. The molecule has 0 spiro atoms. The highest BCUT2D eigenvalue weighted by Crippen LogP contribution is 2.13. The van der Waals surface area contributed by atoms with E-state index in [2.05, 4.69) is 0 Å². The van der Waals surface area contributed by atoms with Crippen LogP contribution in [0.5, 0.6) is 0 Å². The van der Waals surface area contributed by atoms with Crippen LogP contribution >= 0.6 is 0 Å². The van der Waals surface area contributed by atoms with Crippen molar-refractivity contribution in [3.63, 3.8) is 0 Å². The van der Waals surface area contributed by atoms with Gasteiger partial charge in [0.05, 0.1) is 11.6 Å². The Balaban J connectivity index is 3.05. The first-order valence-electron chi connectivity index (χ1n) is 3.76. The van der Waals surface area contributed by atoms with Gasteiger partial charge < -0.3 is 4.42 Å². The van der Waals surface area contributed by atoms with Crippen molar-refractivity contribution in [2.45, 2.75) is 6.92 Å². The van der Waals surface area contributed by atoms with E-state index in [0.717, 1.165) is 10.9 Å². The average molecular weight is 160 g/mol. The van der Waals surface area contributed by atoms with Crippen LogP contribution in [0.25, 0.3) is 10.8 Å². The van der Waals surface area contributed by atoms with Gasteiger partial charge >= 0.3 is 5.63 Å². The molecule has 2 nitrogen and oxygen atoms in total. The largest absolute Gasteiger partial charge is 0.431 e. The summed E-state index contributed by atoms with van der Waals surface area (Å²) < 4.78 is 4.82. The van der Waals surface area contributed by atoms with Crippen LogP contribution in [0, 0.1) is 6.92 Å². The van der Waals surface area contributed by atoms with Crippen molar-refractivity contribution in [3.05, 3.63) is 46.5 Å². The summed E-state index contributed by atoms with van der Waals surface area (Å²) in [5.74, 6) is 0. The Morgan fingerprint density at radius 1 is 1.17 bits per heavy atom. The molecular weight excluding hydrogens is 152 g/mol. The van der Waals surface area contributed by atoms with Crippen LogP contribution in [-0.4, -0.2) is 0 Å². The van der Waals surface area contributed by atoms with Crippen LogP contribution in [0.15, 0.2) is 39.7 Å². The Labute approximate surface area is 69.4 Å². The molecule has 2 rings (SSSR count). The molecule has 0 aliphatic heterocycles. The molecule has 0 aliphatic rings. The summed E-state index contributed by atoms with van der Waals surface area (Å²) in [7, 11) is 0. The van der Waals surface area contributed by atoms with Gasteiger partial charge in [-0.3, -0.25) is 0 Å². The molecule has 0 radical (unpaired) electrons. The van der Waals surface area contributed by atoms with E-state index in [9.17, 15) is 4.79 Å². The number of hydrogen-bond donors (Lipinski definition) is 0. The first kappa shape index (κ1) is 7.10. The molecule has 60 valence electrons. The number of fused-ring (bicyclic) bond motifs is 1. The maximum Gasteiger partial charge on any atom is 0.343 e. The Kier molecular flexibility index (Phi) is 1.47. The quantitative estimate of drug-likeness (QED) is 0.590. The number of rotatable bonds is 0. The van der Waals surface area contributed by atoms with E-state index in [1.54, 1.807) is 6.07 Å². The van der Waals surface area contributed by atoms with Crippen molar-refractivity contribution in [1.82, 2.24) is 0 Å². The predicted molar refractivity (Wildman–Crippen MR) is 47.2 cm³/mol. The van der Waals surface area contributed by atoms with E-state index in [4.69, 9.17) is 4.42 Å². The lowest BCUT2D eigenvalue weighted by Crippen LogP contribution is -1.98. The summed E-state index contributed by atoms with van der Waals surface area (Å²) in [6, 6.07) is 7.43. The van der Waals surface area contributed by atoms with Crippen molar-refractivity contribution in [1.29, 1.82) is 0 Å². The Hall–Kier alpha value is -1.57. The monoisotopic (exact) mass is 160 g/mol. The lowest BCUT2D eigenvalue weighted by molar-refractivity contribution is 0.516. The van der Waals surface area contributed by atoms with Gasteiger partial charge in [0.1, 0.15) is 0 Å². The first-order valence-corrected chi connectivity index (χ1v) is 3.76. The molecule has 0 atom stereocenters. The zero-order valence-corrected chi connectivity index (χ0v) is 6.70. The molecule has 1 aromatic carbocycles. The summed E-state index contributed by atoms with van der Waals surface area (Å²) in [4.78, 5) is 11.2. The van der Waals surface area contributed by atoms with Crippen LogP contribution in [0.3, 0.4) is 0 Å². The van der Waals surface area contributed by atoms with E-state index >= 15 is 0 Å². The van der Waals surface area contributed by atoms with Crippen LogP contribution < -0.4 is 5.63 Å². The Morgan fingerprint density at radius 2 is 1.83 bits per heavy atom. The molecular formula is C10H8O2. The summed E-state index contributed by atoms with van der Waals surface area (Å²) in [5.41, 5.74) is 0.724. The van der Waals surface area contributed by atoms with Crippen LogP contribution in [0.2, 0.25) is 0 Å². The molecule has 0 fully saturated rings. The van der Waals surface area contributed by atoms with Gasteiger partial charge in [0.15, 0.2) is 0 Å². The fourth-order valence-corrected chi connectivity index (χ4v) is 1.27. The minimum atomic E-state index is -0.267. The van der Waals surface area contributed by atoms with Gasteiger partial charge in [0.25, 0.3) is 0 Å². The number of hydrogen-bond acceptors (Lipinski definition) is 2. The molecule has 1 heterocycles. The topological polar surface area (TPSA) is 30.2 Å². The SMILES string of the molecule is Cc1coc(=O)c2ccccc12. The third kappa shape index (κ3) is 0.925. The third-order valence-electron chi connectivity index (χ3n) is 1.91. The van der Waals surface area contributed by atoms with Gasteiger partial charge in [-0.25, -0.2) is 4.79 Å². The molecule has 0 saturated heterocycles. The minimum absolute atomic E-state index is 0.267. The molecule has 0 aliphatic carbocycles. The van der Waals surface area contributed by atoms with Crippen molar-refractivity contribution < 1.29 is 4.42 Å². The number of benzene rings is 1. The second-order valence-corrected chi connectivity index (χ2v) is 2.75. The lowest BCUT2D eigenvalue weighted by Gasteiger charge is -1.97. The normalized spacial score (nSPS) is 10.4. The van der Waals surface area contributed by atoms with Crippen LogP contribution in [-0.2, 0) is 0 Å². The van der Waals surface area contributed by atoms with Crippen LogP contribution in [0.4, 0.5) is 0 Å². The molecule has 2 aromatic rings. The first-order chi connectivity index (χ1) is 5.79. The molecule has 0 amide bonds. The van der Waals surface area contributed by atoms with E-state index in [0.29, 0.717) is 5.39 Å². The molecule has 0 saturated carbocycles. The summed E-state index contributed by atoms with van der Waals surface area (Å²) in [6.07, 6.45) is 1.49. The zero-order chi connectivity index (χ0) is 8.55. The van der Waals surface area contributed by atoms with Crippen molar-refractivity contribution in [3.8, 4) is 0 Å². The zero-order valence-electron chi connectivity index (χ0n) is 6.70. The fourth-order valence-electron chi connectivity index (χ4n) is 1.27. The minimum Gasteiger partial charge on any atom is -0.431 e. The van der Waals surface area contributed by atoms with Crippen LogP contribution in [0.1, 0.15) is 5.56 Å². The van der Waals surface area contributed by atoms with E-state index in [1.807, 2.05) is 25.1 Å². The van der Waals surface area contributed by atoms with Crippen molar-refractivity contribution in [2.75, 3.05) is 0 Å². The van der Waals surface area contributed by atoms with Gasteiger partial charge in [-0.15, -0.1) is 0 Å². The van der Waals surface area contributed by atoms with Crippen molar-refractivity contribution >= 4 is 10.8 Å². The Morgan fingerprint density at radius 3 is 2.50 bits per heavy atom. The van der Waals surface area contributed by atoms with E-state index in [1.165, 1.54) is 6.26 Å². The van der Waals surface area contributed by atoms with Crippen molar-refractivity contribution in [2.24, 2.45) is 0 Å². The number of aryl methyl sites for hydroxylation is 1. The fraction of sp³-hybridized carbons (Fsp3) is 0.100. The van der Waals surface area contributed by atoms with Gasteiger partial charge in [0, 0.05) is 0 Å². The van der Waals surface area contributed by atoms with Gasteiger partial charge in [0.2, 0.25) is 0 Å².